The van der Waals surface area contributed by atoms with E-state index in [1.165, 1.54) is 0 Å². The van der Waals surface area contributed by atoms with Gasteiger partial charge in [-0.2, -0.15) is 0 Å². The predicted molar refractivity (Wildman–Crippen MR) is 99.3 cm³/mol. The molecule has 0 radical (unpaired) electrons. The van der Waals surface area contributed by atoms with Gasteiger partial charge in [-0.05, 0) is 43.5 Å². The number of anilines is 1. The quantitative estimate of drug-likeness (QED) is 0.779. The minimum Gasteiger partial charge on any atom is -0.381 e. The zero-order valence-corrected chi connectivity index (χ0v) is 14.9. The van der Waals surface area contributed by atoms with Crippen molar-refractivity contribution in [1.29, 1.82) is 0 Å². The molecule has 0 aliphatic carbocycles. The fraction of sp³-hybridized carbons (Fsp3) is 0.474. The Labute approximate surface area is 152 Å². The van der Waals surface area contributed by atoms with Gasteiger partial charge in [0.1, 0.15) is 11.7 Å². The molecular formula is C19H24N4O3. The summed E-state index contributed by atoms with van der Waals surface area (Å²) in [5, 5.41) is 6.92. The third-order valence-electron chi connectivity index (χ3n) is 5.30. The molecule has 0 unspecified atom stereocenters. The van der Waals surface area contributed by atoms with Crippen molar-refractivity contribution in [1.82, 2.24) is 15.2 Å². The Morgan fingerprint density at radius 3 is 2.81 bits per heavy atom. The van der Waals surface area contributed by atoms with Gasteiger partial charge in [-0.15, -0.1) is 0 Å². The fourth-order valence-electron chi connectivity index (χ4n) is 3.88. The molecule has 138 valence electrons. The highest BCUT2D eigenvalue weighted by molar-refractivity contribution is 5.98. The van der Waals surface area contributed by atoms with E-state index in [4.69, 9.17) is 4.74 Å². The maximum atomic E-state index is 12.8. The van der Waals surface area contributed by atoms with Crippen LogP contribution in [0.4, 0.5) is 5.69 Å². The summed E-state index contributed by atoms with van der Waals surface area (Å²) >= 11 is 0. The van der Waals surface area contributed by atoms with E-state index >= 15 is 0 Å². The van der Waals surface area contributed by atoms with Gasteiger partial charge in [-0.25, -0.2) is 0 Å². The Hall–Kier alpha value is -2.54. The van der Waals surface area contributed by atoms with Crippen LogP contribution < -0.4 is 10.6 Å². The van der Waals surface area contributed by atoms with Crippen LogP contribution in [0.15, 0.2) is 24.3 Å². The summed E-state index contributed by atoms with van der Waals surface area (Å²) in [5.74, 6) is 0.0332. The third kappa shape index (κ3) is 3.14. The number of fused-ring (bicyclic) bond motifs is 1. The number of nitrogens with zero attached hydrogens (tertiary/aromatic N) is 1. The van der Waals surface area contributed by atoms with Crippen molar-refractivity contribution in [2.24, 2.45) is 0 Å². The standard InChI is InChI=1S/C19H24N4O3/c1-20-18(24)17-11-12-10-13(2-3-15(12)22-17)21-16-4-7-23(19(16)25)14-5-8-26-9-6-14/h2-3,10-11,14,16,21-22H,4-9H2,1H3,(H,20,24)/t16-/m0/s1. The molecule has 2 saturated heterocycles. The van der Waals surface area contributed by atoms with E-state index in [0.29, 0.717) is 11.7 Å². The van der Waals surface area contributed by atoms with E-state index in [2.05, 4.69) is 15.6 Å². The van der Waals surface area contributed by atoms with E-state index in [9.17, 15) is 9.59 Å². The number of hydrogen-bond donors (Lipinski definition) is 3. The lowest BCUT2D eigenvalue weighted by atomic mass is 10.1. The predicted octanol–water partition coefficient (Wildman–Crippen LogP) is 1.72. The van der Waals surface area contributed by atoms with Crippen LogP contribution in [0.1, 0.15) is 29.8 Å². The van der Waals surface area contributed by atoms with Gasteiger partial charge in [0.15, 0.2) is 0 Å². The number of nitrogens with one attached hydrogen (secondary N) is 3. The maximum absolute atomic E-state index is 12.8. The smallest absolute Gasteiger partial charge is 0.267 e. The largest absolute Gasteiger partial charge is 0.381 e. The molecule has 4 rings (SSSR count). The summed E-state index contributed by atoms with van der Waals surface area (Å²) < 4.78 is 5.40. The molecule has 0 saturated carbocycles. The van der Waals surface area contributed by atoms with Gasteiger partial charge in [0, 0.05) is 49.4 Å². The number of carbonyl (C=O) groups is 2. The fourth-order valence-corrected chi connectivity index (χ4v) is 3.88. The van der Waals surface area contributed by atoms with Gasteiger partial charge in [0.05, 0.1) is 0 Å². The molecule has 2 fully saturated rings. The number of hydrogen-bond acceptors (Lipinski definition) is 4. The highest BCUT2D eigenvalue weighted by Crippen LogP contribution is 2.25. The van der Waals surface area contributed by atoms with Gasteiger partial charge in [0.25, 0.3) is 5.91 Å². The molecule has 3 heterocycles. The molecule has 0 bridgehead atoms. The van der Waals surface area contributed by atoms with Crippen LogP contribution in [0.25, 0.3) is 10.9 Å². The average Bonchev–Trinajstić information content (AvgIpc) is 3.25. The van der Waals surface area contributed by atoms with Crippen LogP contribution in [0.2, 0.25) is 0 Å². The van der Waals surface area contributed by atoms with Crippen LogP contribution in [0.5, 0.6) is 0 Å². The normalized spacial score (nSPS) is 21.3. The van der Waals surface area contributed by atoms with Crippen molar-refractivity contribution in [3.05, 3.63) is 30.0 Å². The SMILES string of the molecule is CNC(=O)c1cc2cc(N[C@H]3CCN(C4CCOCC4)C3=O)ccc2[nH]1. The monoisotopic (exact) mass is 356 g/mol. The van der Waals surface area contributed by atoms with Crippen LogP contribution >= 0.6 is 0 Å². The van der Waals surface area contributed by atoms with Crippen molar-refractivity contribution < 1.29 is 14.3 Å². The Bertz CT molecular complexity index is 825. The first kappa shape index (κ1) is 16.9. The maximum Gasteiger partial charge on any atom is 0.267 e. The van der Waals surface area contributed by atoms with Crippen molar-refractivity contribution in [2.45, 2.75) is 31.3 Å². The highest BCUT2D eigenvalue weighted by Gasteiger charge is 2.36. The summed E-state index contributed by atoms with van der Waals surface area (Å²) in [6, 6.07) is 7.79. The van der Waals surface area contributed by atoms with Gasteiger partial charge < -0.3 is 25.3 Å². The summed E-state index contributed by atoms with van der Waals surface area (Å²) in [6.45, 7) is 2.28. The number of likely N-dealkylation sites (tertiary alicyclic amines) is 1. The average molecular weight is 356 g/mol. The van der Waals surface area contributed by atoms with Gasteiger partial charge in [-0.1, -0.05) is 0 Å². The molecule has 3 N–H and O–H groups in total. The summed E-state index contributed by atoms with van der Waals surface area (Å²) in [4.78, 5) is 29.6. The van der Waals surface area contributed by atoms with Crippen molar-refractivity contribution in [3.8, 4) is 0 Å². The molecule has 2 aromatic rings. The third-order valence-corrected chi connectivity index (χ3v) is 5.30. The summed E-state index contributed by atoms with van der Waals surface area (Å²) in [7, 11) is 1.61. The Balaban J connectivity index is 1.46. The zero-order chi connectivity index (χ0) is 18.1. The molecule has 7 nitrogen and oxygen atoms in total. The Morgan fingerprint density at radius 1 is 1.23 bits per heavy atom. The minimum atomic E-state index is -0.187. The molecule has 0 spiro atoms. The van der Waals surface area contributed by atoms with E-state index < -0.39 is 0 Å². The highest BCUT2D eigenvalue weighted by atomic mass is 16.5. The van der Waals surface area contributed by atoms with Gasteiger partial charge in [0.2, 0.25) is 5.91 Å². The van der Waals surface area contributed by atoms with E-state index in [-0.39, 0.29) is 17.9 Å². The van der Waals surface area contributed by atoms with Gasteiger partial charge in [-0.3, -0.25) is 9.59 Å². The number of rotatable bonds is 4. The molecule has 2 aliphatic heterocycles. The van der Waals surface area contributed by atoms with Crippen molar-refractivity contribution >= 4 is 28.4 Å². The second-order valence-corrected chi connectivity index (χ2v) is 6.92. The number of ether oxygens (including phenoxy) is 1. The summed E-state index contributed by atoms with van der Waals surface area (Å²) in [6.07, 6.45) is 2.66. The van der Waals surface area contributed by atoms with Gasteiger partial charge >= 0.3 is 0 Å². The zero-order valence-electron chi connectivity index (χ0n) is 14.9. The first-order chi connectivity index (χ1) is 12.7. The number of aromatic amines is 1. The summed E-state index contributed by atoms with van der Waals surface area (Å²) in [5.41, 5.74) is 2.32. The van der Waals surface area contributed by atoms with E-state index in [1.807, 2.05) is 29.2 Å². The second-order valence-electron chi connectivity index (χ2n) is 6.92. The number of carbonyl (C=O) groups excluding carboxylic acids is 2. The van der Waals surface area contributed by atoms with Crippen LogP contribution in [-0.4, -0.2) is 60.6 Å². The molecule has 1 atom stereocenters. The molecule has 2 amide bonds. The van der Waals surface area contributed by atoms with Crippen molar-refractivity contribution in [2.75, 3.05) is 32.1 Å². The number of amides is 2. The van der Waals surface area contributed by atoms with E-state index in [0.717, 1.165) is 55.6 Å². The number of H-pyrrole nitrogens is 1. The first-order valence-corrected chi connectivity index (χ1v) is 9.15. The Morgan fingerprint density at radius 2 is 2.04 bits per heavy atom. The van der Waals surface area contributed by atoms with Crippen LogP contribution in [0, 0.1) is 0 Å². The lowest BCUT2D eigenvalue weighted by Crippen LogP contribution is -2.43. The molecule has 7 heteroatoms. The van der Waals surface area contributed by atoms with Crippen molar-refractivity contribution in [3.63, 3.8) is 0 Å². The Kier molecular flexibility index (Phi) is 4.55. The number of aromatic nitrogens is 1. The topological polar surface area (TPSA) is 86.5 Å². The van der Waals surface area contributed by atoms with Crippen LogP contribution in [0.3, 0.4) is 0 Å². The molecule has 1 aromatic heterocycles. The molecule has 2 aliphatic rings. The lowest BCUT2D eigenvalue weighted by Gasteiger charge is -2.31. The molecular weight excluding hydrogens is 332 g/mol. The second kappa shape index (κ2) is 6.99. The minimum absolute atomic E-state index is 0.145. The van der Waals surface area contributed by atoms with E-state index in [1.54, 1.807) is 7.05 Å². The first-order valence-electron chi connectivity index (χ1n) is 9.15. The molecule has 26 heavy (non-hydrogen) atoms. The molecule has 1 aromatic carbocycles. The van der Waals surface area contributed by atoms with Crippen LogP contribution in [-0.2, 0) is 9.53 Å². The lowest BCUT2D eigenvalue weighted by molar-refractivity contribution is -0.131. The number of benzene rings is 1.